The van der Waals surface area contributed by atoms with Gasteiger partial charge in [-0.25, -0.2) is 4.79 Å². The first-order valence-electron chi connectivity index (χ1n) is 5.63. The lowest BCUT2D eigenvalue weighted by Gasteiger charge is -2.10. The third-order valence-electron chi connectivity index (χ3n) is 2.69. The smallest absolute Gasteiger partial charge is 0.337 e. The maximum absolute atomic E-state index is 10.9. The highest BCUT2D eigenvalue weighted by atomic mass is 35.5. The Morgan fingerprint density at radius 1 is 1.26 bits per heavy atom. The van der Waals surface area contributed by atoms with Gasteiger partial charge in [0.15, 0.2) is 0 Å². The van der Waals surface area contributed by atoms with E-state index < -0.39 is 5.97 Å². The van der Waals surface area contributed by atoms with Crippen molar-refractivity contribution in [3.63, 3.8) is 0 Å². The van der Waals surface area contributed by atoms with E-state index in [0.717, 1.165) is 11.3 Å². The van der Waals surface area contributed by atoms with Crippen molar-refractivity contribution in [1.82, 2.24) is 0 Å². The van der Waals surface area contributed by atoms with Crippen LogP contribution in [-0.4, -0.2) is 11.1 Å². The molecule has 0 radical (unpaired) electrons. The van der Waals surface area contributed by atoms with Gasteiger partial charge in [0.2, 0.25) is 0 Å². The molecule has 2 aromatic carbocycles. The second kappa shape index (κ2) is 5.20. The Bertz CT molecular complexity index is 641. The Hall–Kier alpha value is -2.20. The number of nitrogens with one attached hydrogen (secondary N) is 1. The van der Waals surface area contributed by atoms with Gasteiger partial charge in [-0.2, -0.15) is 0 Å². The van der Waals surface area contributed by atoms with Gasteiger partial charge >= 0.3 is 5.97 Å². The maximum atomic E-state index is 10.9. The molecule has 0 saturated heterocycles. The molecular formula is C14H13ClN2O2. The largest absolute Gasteiger partial charge is 0.478 e. The zero-order valence-corrected chi connectivity index (χ0v) is 11.0. The Labute approximate surface area is 115 Å². The van der Waals surface area contributed by atoms with Gasteiger partial charge in [-0.3, -0.25) is 0 Å². The van der Waals surface area contributed by atoms with Gasteiger partial charge in [0.05, 0.1) is 16.3 Å². The summed E-state index contributed by atoms with van der Waals surface area (Å²) < 4.78 is 0. The average Bonchev–Trinajstić information content (AvgIpc) is 2.32. The topological polar surface area (TPSA) is 75.3 Å². The summed E-state index contributed by atoms with van der Waals surface area (Å²) in [7, 11) is 0. The quantitative estimate of drug-likeness (QED) is 0.748. The van der Waals surface area contributed by atoms with Gasteiger partial charge < -0.3 is 16.2 Å². The number of nitrogen functional groups attached to an aromatic ring is 1. The first kappa shape index (κ1) is 13.2. The fraction of sp³-hybridized carbons (Fsp3) is 0.0714. The second-order valence-electron chi connectivity index (χ2n) is 4.22. The minimum Gasteiger partial charge on any atom is -0.478 e. The molecule has 0 heterocycles. The number of aryl methyl sites for hydroxylation is 1. The van der Waals surface area contributed by atoms with E-state index in [2.05, 4.69) is 5.32 Å². The lowest BCUT2D eigenvalue weighted by atomic mass is 10.1. The summed E-state index contributed by atoms with van der Waals surface area (Å²) in [6.07, 6.45) is 0. The Morgan fingerprint density at radius 2 is 2.00 bits per heavy atom. The molecule has 5 heteroatoms. The van der Waals surface area contributed by atoms with E-state index in [-0.39, 0.29) is 11.3 Å². The average molecular weight is 277 g/mol. The standard InChI is InChI=1S/C14H13ClN2O2/c1-8-2-5-13(11(15)6-8)17-9-3-4-10(14(18)19)12(16)7-9/h2-7,17H,16H2,1H3,(H,18,19). The molecule has 0 fully saturated rings. The summed E-state index contributed by atoms with van der Waals surface area (Å²) in [5.74, 6) is -1.04. The summed E-state index contributed by atoms with van der Waals surface area (Å²) in [4.78, 5) is 10.9. The number of halogens is 1. The monoisotopic (exact) mass is 276 g/mol. The van der Waals surface area contributed by atoms with E-state index >= 15 is 0 Å². The van der Waals surface area contributed by atoms with Crippen LogP contribution >= 0.6 is 11.6 Å². The minimum atomic E-state index is -1.04. The molecule has 0 amide bonds. The van der Waals surface area contributed by atoms with Crippen LogP contribution in [0, 0.1) is 6.92 Å². The number of hydrogen-bond acceptors (Lipinski definition) is 3. The van der Waals surface area contributed by atoms with Crippen LogP contribution in [0.3, 0.4) is 0 Å². The highest BCUT2D eigenvalue weighted by Crippen LogP contribution is 2.27. The molecule has 0 aliphatic rings. The summed E-state index contributed by atoms with van der Waals surface area (Å²) in [5.41, 5.74) is 8.48. The van der Waals surface area contributed by atoms with Crippen LogP contribution in [0.25, 0.3) is 0 Å². The van der Waals surface area contributed by atoms with E-state index in [1.807, 2.05) is 25.1 Å². The molecule has 0 unspecified atom stereocenters. The zero-order valence-electron chi connectivity index (χ0n) is 10.3. The fourth-order valence-electron chi connectivity index (χ4n) is 1.71. The number of nitrogens with two attached hydrogens (primary N) is 1. The molecule has 4 N–H and O–H groups in total. The number of benzene rings is 2. The molecule has 2 rings (SSSR count). The lowest BCUT2D eigenvalue weighted by molar-refractivity contribution is 0.0698. The predicted octanol–water partition coefficient (Wildman–Crippen LogP) is 3.67. The first-order chi connectivity index (χ1) is 8.97. The van der Waals surface area contributed by atoms with E-state index in [0.29, 0.717) is 10.7 Å². The first-order valence-corrected chi connectivity index (χ1v) is 6.01. The number of hydrogen-bond donors (Lipinski definition) is 3. The Morgan fingerprint density at radius 3 is 2.58 bits per heavy atom. The van der Waals surface area contributed by atoms with E-state index in [4.69, 9.17) is 22.4 Å². The van der Waals surface area contributed by atoms with Crippen LogP contribution in [0.2, 0.25) is 5.02 Å². The lowest BCUT2D eigenvalue weighted by Crippen LogP contribution is -2.03. The summed E-state index contributed by atoms with van der Waals surface area (Å²) in [6, 6.07) is 10.3. The van der Waals surface area contributed by atoms with E-state index in [1.165, 1.54) is 6.07 Å². The van der Waals surface area contributed by atoms with Crippen LogP contribution in [0.4, 0.5) is 17.1 Å². The van der Waals surface area contributed by atoms with Crippen molar-refractivity contribution >= 4 is 34.6 Å². The predicted molar refractivity (Wildman–Crippen MR) is 77.3 cm³/mol. The molecule has 2 aromatic rings. The number of aromatic carboxylic acids is 1. The van der Waals surface area contributed by atoms with Crippen molar-refractivity contribution in [3.05, 3.63) is 52.5 Å². The molecule has 4 nitrogen and oxygen atoms in total. The number of anilines is 3. The SMILES string of the molecule is Cc1ccc(Nc2ccc(C(=O)O)c(N)c2)c(Cl)c1. The highest BCUT2D eigenvalue weighted by molar-refractivity contribution is 6.33. The van der Waals surface area contributed by atoms with Crippen LogP contribution in [0.15, 0.2) is 36.4 Å². The van der Waals surface area contributed by atoms with Gasteiger partial charge in [-0.05, 0) is 42.8 Å². The molecule has 0 atom stereocenters. The fourth-order valence-corrected chi connectivity index (χ4v) is 1.99. The molecule has 0 spiro atoms. The van der Waals surface area contributed by atoms with Crippen LogP contribution in [0.1, 0.15) is 15.9 Å². The molecular weight excluding hydrogens is 264 g/mol. The number of carbonyl (C=O) groups is 1. The molecule has 0 aliphatic heterocycles. The van der Waals surface area contributed by atoms with Gasteiger partial charge in [0, 0.05) is 11.4 Å². The van der Waals surface area contributed by atoms with Crippen molar-refractivity contribution < 1.29 is 9.90 Å². The van der Waals surface area contributed by atoms with Crippen molar-refractivity contribution in [2.24, 2.45) is 0 Å². The number of rotatable bonds is 3. The second-order valence-corrected chi connectivity index (χ2v) is 4.62. The Kier molecular flexibility index (Phi) is 3.62. The molecule has 0 aliphatic carbocycles. The van der Waals surface area contributed by atoms with E-state index in [9.17, 15) is 4.79 Å². The van der Waals surface area contributed by atoms with E-state index in [1.54, 1.807) is 12.1 Å². The summed E-state index contributed by atoms with van der Waals surface area (Å²) in [5, 5.41) is 12.6. The van der Waals surface area contributed by atoms with Gasteiger partial charge in [0.25, 0.3) is 0 Å². The molecule has 0 aromatic heterocycles. The highest BCUT2D eigenvalue weighted by Gasteiger charge is 2.08. The summed E-state index contributed by atoms with van der Waals surface area (Å²) in [6.45, 7) is 1.95. The van der Waals surface area contributed by atoms with Crippen LogP contribution in [-0.2, 0) is 0 Å². The summed E-state index contributed by atoms with van der Waals surface area (Å²) >= 11 is 6.11. The molecule has 0 bridgehead atoms. The van der Waals surface area contributed by atoms with Crippen molar-refractivity contribution in [2.75, 3.05) is 11.1 Å². The third kappa shape index (κ3) is 2.98. The zero-order chi connectivity index (χ0) is 14.0. The van der Waals surface area contributed by atoms with Gasteiger partial charge in [-0.1, -0.05) is 17.7 Å². The molecule has 98 valence electrons. The van der Waals surface area contributed by atoms with Gasteiger partial charge in [0.1, 0.15) is 0 Å². The normalized spacial score (nSPS) is 10.2. The van der Waals surface area contributed by atoms with Crippen molar-refractivity contribution in [2.45, 2.75) is 6.92 Å². The Balaban J connectivity index is 2.29. The van der Waals surface area contributed by atoms with Crippen molar-refractivity contribution in [3.8, 4) is 0 Å². The molecule has 0 saturated carbocycles. The molecule has 19 heavy (non-hydrogen) atoms. The number of carboxylic acid groups (broad SMARTS) is 1. The number of carboxylic acids is 1. The maximum Gasteiger partial charge on any atom is 0.337 e. The van der Waals surface area contributed by atoms with Crippen molar-refractivity contribution in [1.29, 1.82) is 0 Å². The minimum absolute atomic E-state index is 0.0838. The third-order valence-corrected chi connectivity index (χ3v) is 3.00. The van der Waals surface area contributed by atoms with Gasteiger partial charge in [-0.15, -0.1) is 0 Å². The van der Waals surface area contributed by atoms with Crippen LogP contribution < -0.4 is 11.1 Å². The van der Waals surface area contributed by atoms with Crippen LogP contribution in [0.5, 0.6) is 0 Å².